The third-order valence-electron chi connectivity index (χ3n) is 4.04. The van der Waals surface area contributed by atoms with Crippen LogP contribution in [0.25, 0.3) is 11.1 Å². The summed E-state index contributed by atoms with van der Waals surface area (Å²) in [5.41, 5.74) is 8.88. The Balaban J connectivity index is 1.97. The molecular weight excluding hydrogens is 321 g/mol. The Labute approximate surface area is 147 Å². The van der Waals surface area contributed by atoms with Gasteiger partial charge in [-0.2, -0.15) is 0 Å². The molecule has 2 aromatic carbocycles. The maximum Gasteiger partial charge on any atom is 0.311 e. The van der Waals surface area contributed by atoms with Gasteiger partial charge in [-0.3, -0.25) is 4.79 Å². The normalized spacial score (nSPS) is 13.3. The smallest absolute Gasteiger partial charge is 0.311 e. The van der Waals surface area contributed by atoms with Crippen LogP contribution in [0.3, 0.4) is 0 Å². The standard InChI is InChI=1S/C20H24FNO3/c1-2-25-20(24)17(13-23)12-19(22)10-14-6-8-15(9-7-14)16-4-3-5-18(21)11-16/h3-9,11,17,19,23H,2,10,12-13,22H2,1H3/t17?,19-/m1/s1. The number of aliphatic hydroxyl groups is 1. The van der Waals surface area contributed by atoms with E-state index in [2.05, 4.69) is 0 Å². The van der Waals surface area contributed by atoms with Crippen LogP contribution in [0.2, 0.25) is 0 Å². The summed E-state index contributed by atoms with van der Waals surface area (Å²) in [5.74, 6) is -1.28. The summed E-state index contributed by atoms with van der Waals surface area (Å²) in [7, 11) is 0. The van der Waals surface area contributed by atoms with Crippen molar-refractivity contribution in [2.75, 3.05) is 13.2 Å². The molecule has 0 aliphatic carbocycles. The molecule has 0 bridgehead atoms. The van der Waals surface area contributed by atoms with Crippen molar-refractivity contribution in [1.29, 1.82) is 0 Å². The van der Waals surface area contributed by atoms with Crippen LogP contribution in [0.1, 0.15) is 18.9 Å². The lowest BCUT2D eigenvalue weighted by Gasteiger charge is -2.18. The Hall–Kier alpha value is -2.24. The van der Waals surface area contributed by atoms with Crippen LogP contribution in [0, 0.1) is 11.7 Å². The third kappa shape index (κ3) is 5.66. The van der Waals surface area contributed by atoms with E-state index in [0.717, 1.165) is 16.7 Å². The van der Waals surface area contributed by atoms with Crippen molar-refractivity contribution < 1.29 is 19.0 Å². The second-order valence-corrected chi connectivity index (χ2v) is 6.04. The van der Waals surface area contributed by atoms with Crippen LogP contribution >= 0.6 is 0 Å². The van der Waals surface area contributed by atoms with Gasteiger partial charge in [-0.15, -0.1) is 0 Å². The van der Waals surface area contributed by atoms with E-state index in [-0.39, 0.29) is 25.1 Å². The largest absolute Gasteiger partial charge is 0.466 e. The van der Waals surface area contributed by atoms with Crippen molar-refractivity contribution in [1.82, 2.24) is 0 Å². The summed E-state index contributed by atoms with van der Waals surface area (Å²) < 4.78 is 18.2. The lowest BCUT2D eigenvalue weighted by atomic mass is 9.95. The molecule has 0 saturated carbocycles. The van der Waals surface area contributed by atoms with Crippen molar-refractivity contribution in [2.24, 2.45) is 11.7 Å². The molecule has 3 N–H and O–H groups in total. The second kappa shape index (κ2) is 9.30. The lowest BCUT2D eigenvalue weighted by molar-refractivity contribution is -0.149. The van der Waals surface area contributed by atoms with Gasteiger partial charge in [-0.05, 0) is 48.6 Å². The number of rotatable bonds is 8. The monoisotopic (exact) mass is 345 g/mol. The first-order valence-electron chi connectivity index (χ1n) is 8.41. The zero-order chi connectivity index (χ0) is 18.2. The van der Waals surface area contributed by atoms with Crippen molar-refractivity contribution in [3.63, 3.8) is 0 Å². The Bertz CT molecular complexity index is 688. The van der Waals surface area contributed by atoms with E-state index in [0.29, 0.717) is 12.8 Å². The molecule has 2 aromatic rings. The number of hydrogen-bond acceptors (Lipinski definition) is 4. The Kier molecular flexibility index (Phi) is 7.10. The summed E-state index contributed by atoms with van der Waals surface area (Å²) in [5, 5.41) is 9.34. The van der Waals surface area contributed by atoms with Crippen molar-refractivity contribution in [3.8, 4) is 11.1 Å². The van der Waals surface area contributed by atoms with Gasteiger partial charge in [-0.25, -0.2) is 4.39 Å². The highest BCUT2D eigenvalue weighted by Crippen LogP contribution is 2.21. The van der Waals surface area contributed by atoms with E-state index in [4.69, 9.17) is 10.5 Å². The summed E-state index contributed by atoms with van der Waals surface area (Å²) in [6.07, 6.45) is 0.945. The number of halogens is 1. The molecule has 0 aliphatic rings. The Morgan fingerprint density at radius 2 is 1.92 bits per heavy atom. The molecular formula is C20H24FNO3. The zero-order valence-corrected chi connectivity index (χ0v) is 14.3. The highest BCUT2D eigenvalue weighted by atomic mass is 19.1. The summed E-state index contributed by atoms with van der Waals surface area (Å²) >= 11 is 0. The van der Waals surface area contributed by atoms with Crippen LogP contribution in [0.5, 0.6) is 0 Å². The van der Waals surface area contributed by atoms with Crippen molar-refractivity contribution >= 4 is 5.97 Å². The molecule has 0 spiro atoms. The SMILES string of the molecule is CCOC(=O)C(CO)C[C@H](N)Cc1ccc(-c2cccc(F)c2)cc1. The van der Waals surface area contributed by atoms with Crippen LogP contribution in [0.4, 0.5) is 4.39 Å². The number of benzene rings is 2. The van der Waals surface area contributed by atoms with E-state index in [1.165, 1.54) is 12.1 Å². The first kappa shape index (κ1) is 19.1. The average Bonchev–Trinajstić information content (AvgIpc) is 2.60. The molecule has 1 unspecified atom stereocenters. The van der Waals surface area contributed by atoms with Crippen LogP contribution < -0.4 is 5.73 Å². The molecule has 5 heteroatoms. The van der Waals surface area contributed by atoms with Crippen molar-refractivity contribution in [3.05, 3.63) is 59.9 Å². The first-order chi connectivity index (χ1) is 12.0. The van der Waals surface area contributed by atoms with Crippen LogP contribution in [-0.2, 0) is 16.0 Å². The molecule has 0 radical (unpaired) electrons. The van der Waals surface area contributed by atoms with Crippen LogP contribution in [-0.4, -0.2) is 30.3 Å². The van der Waals surface area contributed by atoms with E-state index in [1.54, 1.807) is 13.0 Å². The third-order valence-corrected chi connectivity index (χ3v) is 4.04. The minimum absolute atomic E-state index is 0.262. The topological polar surface area (TPSA) is 72.5 Å². The van der Waals surface area contributed by atoms with E-state index < -0.39 is 11.9 Å². The minimum Gasteiger partial charge on any atom is -0.466 e. The Morgan fingerprint density at radius 1 is 1.20 bits per heavy atom. The molecule has 25 heavy (non-hydrogen) atoms. The fourth-order valence-corrected chi connectivity index (χ4v) is 2.76. The lowest BCUT2D eigenvalue weighted by Crippen LogP contribution is -2.32. The maximum absolute atomic E-state index is 13.3. The maximum atomic E-state index is 13.3. The van der Waals surface area contributed by atoms with Gasteiger partial charge in [0.05, 0.1) is 19.1 Å². The van der Waals surface area contributed by atoms with Gasteiger partial charge in [-0.1, -0.05) is 36.4 Å². The molecule has 4 nitrogen and oxygen atoms in total. The molecule has 0 fully saturated rings. The fraction of sp³-hybridized carbons (Fsp3) is 0.350. The number of ether oxygens (including phenoxy) is 1. The van der Waals surface area contributed by atoms with Gasteiger partial charge in [0.25, 0.3) is 0 Å². The predicted molar refractivity (Wildman–Crippen MR) is 95.3 cm³/mol. The van der Waals surface area contributed by atoms with Crippen LogP contribution in [0.15, 0.2) is 48.5 Å². The Morgan fingerprint density at radius 3 is 2.52 bits per heavy atom. The molecule has 0 heterocycles. The number of hydrogen-bond donors (Lipinski definition) is 2. The molecule has 0 saturated heterocycles. The second-order valence-electron chi connectivity index (χ2n) is 6.04. The van der Waals surface area contributed by atoms with E-state index in [1.807, 2.05) is 30.3 Å². The van der Waals surface area contributed by atoms with Gasteiger partial charge in [0, 0.05) is 6.04 Å². The zero-order valence-electron chi connectivity index (χ0n) is 14.3. The highest BCUT2D eigenvalue weighted by Gasteiger charge is 2.22. The first-order valence-corrected chi connectivity index (χ1v) is 8.41. The number of nitrogens with two attached hydrogens (primary N) is 1. The van der Waals surface area contributed by atoms with Gasteiger partial charge in [0.15, 0.2) is 0 Å². The number of esters is 1. The van der Waals surface area contributed by atoms with Gasteiger partial charge >= 0.3 is 5.97 Å². The molecule has 0 aromatic heterocycles. The molecule has 0 amide bonds. The average molecular weight is 345 g/mol. The number of carbonyl (C=O) groups excluding carboxylic acids is 1. The van der Waals surface area contributed by atoms with Gasteiger partial charge in [0.1, 0.15) is 5.82 Å². The van der Waals surface area contributed by atoms with Crippen molar-refractivity contribution in [2.45, 2.75) is 25.8 Å². The van der Waals surface area contributed by atoms with E-state index >= 15 is 0 Å². The fourth-order valence-electron chi connectivity index (χ4n) is 2.76. The number of carbonyl (C=O) groups is 1. The van der Waals surface area contributed by atoms with E-state index in [9.17, 15) is 14.3 Å². The summed E-state index contributed by atoms with van der Waals surface area (Å²) in [6.45, 7) is 1.74. The summed E-state index contributed by atoms with van der Waals surface area (Å²) in [4.78, 5) is 11.7. The molecule has 2 atom stereocenters. The number of aliphatic hydroxyl groups excluding tert-OH is 1. The van der Waals surface area contributed by atoms with Gasteiger partial charge in [0.2, 0.25) is 0 Å². The summed E-state index contributed by atoms with van der Waals surface area (Å²) in [6, 6.07) is 13.9. The van der Waals surface area contributed by atoms with Gasteiger partial charge < -0.3 is 15.6 Å². The minimum atomic E-state index is -0.596. The highest BCUT2D eigenvalue weighted by molar-refractivity contribution is 5.72. The predicted octanol–water partition coefficient (Wildman–Crippen LogP) is 2.92. The quantitative estimate of drug-likeness (QED) is 0.722. The molecule has 0 aliphatic heterocycles. The molecule has 134 valence electrons. The molecule has 2 rings (SSSR count).